The number of allylic oxidation sites excluding steroid dienone is 5. The van der Waals surface area contributed by atoms with Crippen molar-refractivity contribution in [2.24, 2.45) is 0 Å². The molecule has 0 saturated carbocycles. The first kappa shape index (κ1) is 19.4. The minimum Gasteiger partial charge on any atom is -0.466 e. The highest BCUT2D eigenvalue weighted by molar-refractivity contribution is 5.80. The van der Waals surface area contributed by atoms with E-state index in [4.69, 9.17) is 0 Å². The van der Waals surface area contributed by atoms with Crippen molar-refractivity contribution in [3.05, 3.63) is 47.9 Å². The Hall–Kier alpha value is -1.92. The number of rotatable bonds is 3. The second-order valence-corrected chi connectivity index (χ2v) is 2.99. The molecule has 19 heavy (non-hydrogen) atoms. The summed E-state index contributed by atoms with van der Waals surface area (Å²) < 4.78 is 65.2. The third kappa shape index (κ3) is 7.91. The molecule has 0 rings (SSSR count). The lowest BCUT2D eigenvalue weighted by Gasteiger charge is -1.97. The van der Waals surface area contributed by atoms with Crippen LogP contribution in [0.3, 0.4) is 0 Å². The minimum atomic E-state index is -2.04. The van der Waals surface area contributed by atoms with Gasteiger partial charge in [-0.15, -0.1) is 0 Å². The molecular formula is C12H13F5O2. The van der Waals surface area contributed by atoms with Crippen LogP contribution in [0.4, 0.5) is 22.0 Å². The molecule has 0 N–H and O–H groups in total. The van der Waals surface area contributed by atoms with Gasteiger partial charge in [-0.05, 0) is 13.8 Å². The summed E-state index contributed by atoms with van der Waals surface area (Å²) in [5.74, 6) is -7.64. The first-order chi connectivity index (χ1) is 8.72. The van der Waals surface area contributed by atoms with E-state index in [9.17, 15) is 26.7 Å². The van der Waals surface area contributed by atoms with E-state index in [-0.39, 0.29) is 6.33 Å². The van der Waals surface area contributed by atoms with Crippen LogP contribution >= 0.6 is 0 Å². The van der Waals surface area contributed by atoms with E-state index >= 15 is 0 Å². The lowest BCUT2D eigenvalue weighted by atomic mass is 10.2. The number of halogens is 5. The van der Waals surface area contributed by atoms with Crippen molar-refractivity contribution in [1.29, 1.82) is 0 Å². The summed E-state index contributed by atoms with van der Waals surface area (Å²) in [5, 5.41) is 0. The summed E-state index contributed by atoms with van der Waals surface area (Å²) in [6.45, 7) is 4.66. The standard InChI is InChI=1S/C8H7F5.C4H6O2/c1-4(3-9)6(11)8(13)7(12)5(2)10;1-3-4(5)6-2/h3H,1-2H3;3H,1H2,2H3/b4-3+,7-5-,8-6-;. The highest BCUT2D eigenvalue weighted by Gasteiger charge is 2.16. The van der Waals surface area contributed by atoms with Crippen molar-refractivity contribution in [2.45, 2.75) is 13.8 Å². The van der Waals surface area contributed by atoms with Crippen molar-refractivity contribution in [3.63, 3.8) is 0 Å². The normalized spacial score (nSPS) is 13.6. The number of ether oxygens (including phenoxy) is 1. The SMILES string of the molecule is C=CC(=O)OC.C\C(F)=C(F)/C(F)=C(F)\C(C)=C\F. The lowest BCUT2D eigenvalue weighted by Crippen LogP contribution is -1.91. The third-order valence-electron chi connectivity index (χ3n) is 1.57. The van der Waals surface area contributed by atoms with Crippen LogP contribution in [0.1, 0.15) is 13.8 Å². The Morgan fingerprint density at radius 3 is 1.74 bits per heavy atom. The van der Waals surface area contributed by atoms with Gasteiger partial charge < -0.3 is 4.74 Å². The highest BCUT2D eigenvalue weighted by atomic mass is 19.2. The van der Waals surface area contributed by atoms with E-state index in [0.29, 0.717) is 6.92 Å². The van der Waals surface area contributed by atoms with Crippen molar-refractivity contribution in [2.75, 3.05) is 7.11 Å². The second-order valence-electron chi connectivity index (χ2n) is 2.99. The predicted molar refractivity (Wildman–Crippen MR) is 61.2 cm³/mol. The molecule has 0 aromatic rings. The summed E-state index contributed by atoms with van der Waals surface area (Å²) in [6.07, 6.45) is 0.871. The lowest BCUT2D eigenvalue weighted by molar-refractivity contribution is -0.134. The van der Waals surface area contributed by atoms with Gasteiger partial charge in [0.05, 0.1) is 13.4 Å². The first-order valence-electron chi connectivity index (χ1n) is 4.78. The van der Waals surface area contributed by atoms with E-state index in [1.54, 1.807) is 0 Å². The maximum atomic E-state index is 12.6. The fourth-order valence-electron chi connectivity index (χ4n) is 0.552. The number of carbonyl (C=O) groups is 1. The van der Waals surface area contributed by atoms with Crippen LogP contribution in [0.5, 0.6) is 0 Å². The molecule has 0 saturated heterocycles. The molecule has 0 heterocycles. The number of methoxy groups -OCH3 is 1. The van der Waals surface area contributed by atoms with Crippen LogP contribution in [-0.4, -0.2) is 13.1 Å². The molecule has 0 spiro atoms. The van der Waals surface area contributed by atoms with E-state index in [1.807, 2.05) is 0 Å². The molecule has 0 unspecified atom stereocenters. The quantitative estimate of drug-likeness (QED) is 0.329. The molecule has 0 atom stereocenters. The fourth-order valence-corrected chi connectivity index (χ4v) is 0.552. The summed E-state index contributed by atoms with van der Waals surface area (Å²) in [6, 6.07) is 0. The van der Waals surface area contributed by atoms with Gasteiger partial charge in [0.25, 0.3) is 0 Å². The van der Waals surface area contributed by atoms with Crippen LogP contribution in [0.25, 0.3) is 0 Å². The molecule has 0 bridgehead atoms. The Balaban J connectivity index is 0. The van der Waals surface area contributed by atoms with E-state index in [1.165, 1.54) is 7.11 Å². The number of hydrogen-bond acceptors (Lipinski definition) is 2. The molecule has 0 fully saturated rings. The molecule has 7 heteroatoms. The molecule has 0 aromatic heterocycles. The van der Waals surface area contributed by atoms with Crippen molar-refractivity contribution < 1.29 is 31.5 Å². The van der Waals surface area contributed by atoms with Crippen molar-refractivity contribution in [3.8, 4) is 0 Å². The number of esters is 1. The molecule has 0 aliphatic rings. The van der Waals surface area contributed by atoms with E-state index < -0.39 is 34.8 Å². The summed E-state index contributed by atoms with van der Waals surface area (Å²) >= 11 is 0. The van der Waals surface area contributed by atoms with Gasteiger partial charge in [-0.3, -0.25) is 0 Å². The highest BCUT2D eigenvalue weighted by Crippen LogP contribution is 2.26. The Labute approximate surface area is 107 Å². The van der Waals surface area contributed by atoms with Crippen LogP contribution in [0.2, 0.25) is 0 Å². The van der Waals surface area contributed by atoms with E-state index in [2.05, 4.69) is 11.3 Å². The van der Waals surface area contributed by atoms with Gasteiger partial charge in [0, 0.05) is 11.6 Å². The molecular weight excluding hydrogens is 271 g/mol. The molecule has 0 aliphatic carbocycles. The van der Waals surface area contributed by atoms with Crippen molar-refractivity contribution >= 4 is 5.97 Å². The summed E-state index contributed by atoms with van der Waals surface area (Å²) in [7, 11) is 1.31. The largest absolute Gasteiger partial charge is 0.466 e. The molecule has 2 nitrogen and oxygen atoms in total. The average Bonchev–Trinajstić information content (AvgIpc) is 2.43. The Kier molecular flexibility index (Phi) is 10.3. The van der Waals surface area contributed by atoms with Gasteiger partial charge in [0.1, 0.15) is 5.83 Å². The van der Waals surface area contributed by atoms with Crippen LogP contribution in [-0.2, 0) is 9.53 Å². The van der Waals surface area contributed by atoms with Crippen LogP contribution in [0, 0.1) is 0 Å². The fraction of sp³-hybridized carbons (Fsp3) is 0.250. The Morgan fingerprint density at radius 2 is 1.53 bits per heavy atom. The second kappa shape index (κ2) is 10.0. The maximum Gasteiger partial charge on any atom is 0.329 e. The zero-order valence-corrected chi connectivity index (χ0v) is 10.6. The molecule has 0 radical (unpaired) electrons. The van der Waals surface area contributed by atoms with Gasteiger partial charge in [-0.25, -0.2) is 26.7 Å². The monoisotopic (exact) mass is 284 g/mol. The topological polar surface area (TPSA) is 26.3 Å². The van der Waals surface area contributed by atoms with Gasteiger partial charge in [0.15, 0.2) is 17.5 Å². The summed E-state index contributed by atoms with van der Waals surface area (Å²) in [4.78, 5) is 9.84. The smallest absolute Gasteiger partial charge is 0.329 e. The minimum absolute atomic E-state index is 0.240. The number of carbonyl (C=O) groups excluding carboxylic acids is 1. The maximum absolute atomic E-state index is 12.6. The zero-order valence-electron chi connectivity index (χ0n) is 10.6. The predicted octanol–water partition coefficient (Wildman–Crippen LogP) is 4.53. The van der Waals surface area contributed by atoms with Gasteiger partial charge in [-0.2, -0.15) is 0 Å². The zero-order chi connectivity index (χ0) is 15.6. The number of hydrogen-bond donors (Lipinski definition) is 0. The van der Waals surface area contributed by atoms with Gasteiger partial charge in [-0.1, -0.05) is 6.58 Å². The molecule has 0 aromatic carbocycles. The van der Waals surface area contributed by atoms with Crippen LogP contribution < -0.4 is 0 Å². The molecule has 0 amide bonds. The summed E-state index contributed by atoms with van der Waals surface area (Å²) in [5.41, 5.74) is -0.742. The molecule has 108 valence electrons. The third-order valence-corrected chi connectivity index (χ3v) is 1.57. The Morgan fingerprint density at radius 1 is 1.05 bits per heavy atom. The van der Waals surface area contributed by atoms with Crippen molar-refractivity contribution in [1.82, 2.24) is 0 Å². The molecule has 0 aliphatic heterocycles. The van der Waals surface area contributed by atoms with Gasteiger partial charge >= 0.3 is 5.97 Å². The Bertz CT molecular complexity index is 418. The average molecular weight is 284 g/mol. The van der Waals surface area contributed by atoms with Crippen LogP contribution in [0.15, 0.2) is 47.9 Å². The first-order valence-corrected chi connectivity index (χ1v) is 4.78. The van der Waals surface area contributed by atoms with Gasteiger partial charge in [0.2, 0.25) is 0 Å². The van der Waals surface area contributed by atoms with E-state index in [0.717, 1.165) is 13.0 Å².